The van der Waals surface area contributed by atoms with Gasteiger partial charge in [-0.05, 0) is 30.7 Å². The van der Waals surface area contributed by atoms with Crippen LogP contribution in [0.15, 0.2) is 90.0 Å². The molecule has 0 aliphatic carbocycles. The molecule has 1 amide bonds. The highest BCUT2D eigenvalue weighted by molar-refractivity contribution is 6.01. The third kappa shape index (κ3) is 5.52. The van der Waals surface area contributed by atoms with Gasteiger partial charge in [0.05, 0.1) is 16.3 Å². The number of rotatable bonds is 8. The number of aromatic amines is 1. The van der Waals surface area contributed by atoms with Crippen molar-refractivity contribution in [2.45, 2.75) is 13.5 Å². The van der Waals surface area contributed by atoms with Gasteiger partial charge in [-0.2, -0.15) is 10.2 Å². The van der Waals surface area contributed by atoms with E-state index in [1.54, 1.807) is 25.1 Å². The number of hydrogen-bond donors (Lipinski definition) is 2. The van der Waals surface area contributed by atoms with Crippen LogP contribution in [0.25, 0.3) is 11.3 Å². The Balaban J connectivity index is 1.42. The maximum Gasteiger partial charge on any atom is 0.289 e. The average molecular weight is 455 g/mol. The van der Waals surface area contributed by atoms with Crippen LogP contribution in [-0.4, -0.2) is 26.7 Å². The molecule has 0 fully saturated rings. The molecule has 0 atom stereocenters. The Morgan fingerprint density at radius 3 is 2.65 bits per heavy atom. The predicted octanol–water partition coefficient (Wildman–Crippen LogP) is 4.72. The summed E-state index contributed by atoms with van der Waals surface area (Å²) in [6.07, 6.45) is 0. The summed E-state index contributed by atoms with van der Waals surface area (Å²) < 4.78 is 5.86. The summed E-state index contributed by atoms with van der Waals surface area (Å²) in [5.41, 5.74) is 6.01. The molecule has 1 heterocycles. The van der Waals surface area contributed by atoms with Crippen LogP contribution in [0.4, 0.5) is 5.69 Å². The Morgan fingerprint density at radius 1 is 1.06 bits per heavy atom. The first-order valence-corrected chi connectivity index (χ1v) is 10.4. The molecule has 2 N–H and O–H groups in total. The third-order valence-electron chi connectivity index (χ3n) is 5.00. The molecule has 0 bridgehead atoms. The van der Waals surface area contributed by atoms with E-state index >= 15 is 0 Å². The topological polar surface area (TPSA) is 123 Å². The molecule has 34 heavy (non-hydrogen) atoms. The quantitative estimate of drug-likeness (QED) is 0.226. The monoisotopic (exact) mass is 455 g/mol. The molecule has 0 saturated heterocycles. The smallest absolute Gasteiger partial charge is 0.289 e. The Labute approximate surface area is 195 Å². The van der Waals surface area contributed by atoms with Gasteiger partial charge in [-0.25, -0.2) is 5.43 Å². The highest BCUT2D eigenvalue weighted by Gasteiger charge is 2.12. The molecule has 0 radical (unpaired) electrons. The van der Waals surface area contributed by atoms with Gasteiger partial charge < -0.3 is 4.74 Å². The van der Waals surface area contributed by atoms with Crippen molar-refractivity contribution in [3.8, 4) is 17.0 Å². The summed E-state index contributed by atoms with van der Waals surface area (Å²) in [7, 11) is 0. The van der Waals surface area contributed by atoms with E-state index in [0.717, 1.165) is 11.1 Å². The Kier molecular flexibility index (Phi) is 6.73. The minimum absolute atomic E-state index is 0.0495. The zero-order valence-electron chi connectivity index (χ0n) is 18.3. The van der Waals surface area contributed by atoms with Gasteiger partial charge in [0.2, 0.25) is 0 Å². The number of hydrazone groups is 1. The molecule has 0 unspecified atom stereocenters. The summed E-state index contributed by atoms with van der Waals surface area (Å²) in [4.78, 5) is 23.0. The molecule has 0 aliphatic heterocycles. The standard InChI is InChI=1S/C25H21N5O4/c1-17(19-9-5-11-21(13-19)30(32)33)26-29-25(31)24-15-23(27-28-24)20-10-6-12-22(14-20)34-16-18-7-3-2-4-8-18/h2-15H,16H2,1H3,(H,27,28)(H,29,31). The van der Waals surface area contributed by atoms with Crippen LogP contribution in [-0.2, 0) is 6.61 Å². The maximum absolute atomic E-state index is 12.5. The minimum atomic E-state index is -0.486. The molecule has 0 spiro atoms. The van der Waals surface area contributed by atoms with Crippen molar-refractivity contribution in [1.29, 1.82) is 0 Å². The first-order valence-electron chi connectivity index (χ1n) is 10.4. The lowest BCUT2D eigenvalue weighted by atomic mass is 10.1. The van der Waals surface area contributed by atoms with E-state index in [1.807, 2.05) is 54.6 Å². The maximum atomic E-state index is 12.5. The molecule has 4 aromatic rings. The number of nitrogens with zero attached hydrogens (tertiary/aromatic N) is 3. The van der Waals surface area contributed by atoms with Gasteiger partial charge in [0, 0.05) is 23.3 Å². The summed E-state index contributed by atoms with van der Waals surface area (Å²) in [6, 6.07) is 24.9. The number of carbonyl (C=O) groups is 1. The number of non-ortho nitro benzene ring substituents is 1. The highest BCUT2D eigenvalue weighted by Crippen LogP contribution is 2.23. The second-order valence-corrected chi connectivity index (χ2v) is 7.41. The zero-order chi connectivity index (χ0) is 23.9. The number of nitrogens with one attached hydrogen (secondary N) is 2. The van der Waals surface area contributed by atoms with Crippen molar-refractivity contribution in [2.75, 3.05) is 0 Å². The summed E-state index contributed by atoms with van der Waals surface area (Å²) in [5.74, 6) is 0.201. The fourth-order valence-corrected chi connectivity index (χ4v) is 3.18. The van der Waals surface area contributed by atoms with Crippen molar-refractivity contribution in [3.05, 3.63) is 112 Å². The molecule has 170 valence electrons. The van der Waals surface area contributed by atoms with E-state index in [0.29, 0.717) is 29.3 Å². The van der Waals surface area contributed by atoms with Gasteiger partial charge in [-0.15, -0.1) is 0 Å². The van der Waals surface area contributed by atoms with Gasteiger partial charge >= 0.3 is 0 Å². The molecule has 3 aromatic carbocycles. The van der Waals surface area contributed by atoms with E-state index in [4.69, 9.17) is 4.74 Å². The highest BCUT2D eigenvalue weighted by atomic mass is 16.6. The Morgan fingerprint density at radius 2 is 1.85 bits per heavy atom. The fourth-order valence-electron chi connectivity index (χ4n) is 3.18. The number of carbonyl (C=O) groups excluding carboxylic acids is 1. The zero-order valence-corrected chi connectivity index (χ0v) is 18.3. The third-order valence-corrected chi connectivity index (χ3v) is 5.00. The summed E-state index contributed by atoms with van der Waals surface area (Å²) in [5, 5.41) is 21.9. The van der Waals surface area contributed by atoms with E-state index in [2.05, 4.69) is 20.7 Å². The SMILES string of the molecule is CC(=NNC(=O)c1cc(-c2cccc(OCc3ccccc3)c2)n[nH]1)c1cccc([N+](=O)[O-])c1. The van der Waals surface area contributed by atoms with Gasteiger partial charge in [0.1, 0.15) is 18.1 Å². The Bertz CT molecular complexity index is 1350. The van der Waals surface area contributed by atoms with Crippen LogP contribution >= 0.6 is 0 Å². The number of aromatic nitrogens is 2. The van der Waals surface area contributed by atoms with Crippen LogP contribution in [0, 0.1) is 10.1 Å². The van der Waals surface area contributed by atoms with E-state index < -0.39 is 10.8 Å². The largest absolute Gasteiger partial charge is 0.489 e. The summed E-state index contributed by atoms with van der Waals surface area (Å²) >= 11 is 0. The lowest BCUT2D eigenvalue weighted by Gasteiger charge is -2.07. The van der Waals surface area contributed by atoms with Crippen molar-refractivity contribution >= 4 is 17.3 Å². The number of H-pyrrole nitrogens is 1. The Hall–Kier alpha value is -4.79. The van der Waals surface area contributed by atoms with Gasteiger partial charge in [-0.3, -0.25) is 20.0 Å². The fraction of sp³-hybridized carbons (Fsp3) is 0.0800. The molecule has 9 heteroatoms. The molecule has 0 aliphatic rings. The van der Waals surface area contributed by atoms with Gasteiger partial charge in [-0.1, -0.05) is 54.6 Å². The van der Waals surface area contributed by atoms with Crippen LogP contribution in [0.1, 0.15) is 28.5 Å². The first-order chi connectivity index (χ1) is 16.5. The lowest BCUT2D eigenvalue weighted by Crippen LogP contribution is -2.19. The average Bonchev–Trinajstić information content (AvgIpc) is 3.37. The number of benzene rings is 3. The molecule has 1 aromatic heterocycles. The second-order valence-electron chi connectivity index (χ2n) is 7.41. The van der Waals surface area contributed by atoms with Crippen LogP contribution < -0.4 is 10.2 Å². The molecule has 0 saturated carbocycles. The first kappa shape index (κ1) is 22.4. The van der Waals surface area contributed by atoms with Crippen molar-refractivity contribution in [2.24, 2.45) is 5.10 Å². The van der Waals surface area contributed by atoms with Crippen molar-refractivity contribution < 1.29 is 14.5 Å². The van der Waals surface area contributed by atoms with E-state index in [9.17, 15) is 14.9 Å². The predicted molar refractivity (Wildman–Crippen MR) is 128 cm³/mol. The van der Waals surface area contributed by atoms with Crippen molar-refractivity contribution in [3.63, 3.8) is 0 Å². The van der Waals surface area contributed by atoms with Crippen LogP contribution in [0.5, 0.6) is 5.75 Å². The van der Waals surface area contributed by atoms with E-state index in [-0.39, 0.29) is 11.4 Å². The molecular formula is C25H21N5O4. The normalized spacial score (nSPS) is 11.1. The van der Waals surface area contributed by atoms with E-state index in [1.165, 1.54) is 12.1 Å². The second kappa shape index (κ2) is 10.2. The number of hydrogen-bond acceptors (Lipinski definition) is 6. The minimum Gasteiger partial charge on any atom is -0.489 e. The molecular weight excluding hydrogens is 434 g/mol. The van der Waals surface area contributed by atoms with Crippen molar-refractivity contribution in [1.82, 2.24) is 15.6 Å². The number of ether oxygens (including phenoxy) is 1. The molecule has 4 rings (SSSR count). The number of nitro groups is 1. The number of amides is 1. The summed E-state index contributed by atoms with van der Waals surface area (Å²) in [6.45, 7) is 2.10. The lowest BCUT2D eigenvalue weighted by molar-refractivity contribution is -0.384. The molecule has 9 nitrogen and oxygen atoms in total. The van der Waals surface area contributed by atoms with Gasteiger partial charge in [0.25, 0.3) is 11.6 Å². The number of nitro benzene ring substituents is 1. The van der Waals surface area contributed by atoms with Crippen LogP contribution in [0.2, 0.25) is 0 Å². The van der Waals surface area contributed by atoms with Gasteiger partial charge in [0.15, 0.2) is 0 Å². The van der Waals surface area contributed by atoms with Crippen LogP contribution in [0.3, 0.4) is 0 Å².